The fourth-order valence-electron chi connectivity index (χ4n) is 3.37. The highest BCUT2D eigenvalue weighted by atomic mass is 16.5. The van der Waals surface area contributed by atoms with Gasteiger partial charge < -0.3 is 9.84 Å². The molecule has 0 bridgehead atoms. The number of benzene rings is 1. The third-order valence-corrected chi connectivity index (χ3v) is 5.15. The van der Waals surface area contributed by atoms with E-state index in [1.807, 2.05) is 19.9 Å². The molecule has 150 valence electrons. The zero-order valence-electron chi connectivity index (χ0n) is 16.6. The molecule has 1 saturated heterocycles. The van der Waals surface area contributed by atoms with E-state index >= 15 is 0 Å². The zero-order valence-corrected chi connectivity index (χ0v) is 16.6. The van der Waals surface area contributed by atoms with Crippen LogP contribution in [-0.4, -0.2) is 45.3 Å². The van der Waals surface area contributed by atoms with E-state index in [2.05, 4.69) is 55.2 Å². The van der Waals surface area contributed by atoms with Crippen LogP contribution in [0.1, 0.15) is 33.7 Å². The van der Waals surface area contributed by atoms with Crippen LogP contribution in [0.5, 0.6) is 0 Å². The normalized spacial score (nSPS) is 16.7. The highest BCUT2D eigenvalue weighted by Gasteiger charge is 2.23. The minimum Gasteiger partial charge on any atom is -0.365 e. The van der Waals surface area contributed by atoms with Gasteiger partial charge in [-0.05, 0) is 38.0 Å². The van der Waals surface area contributed by atoms with Crippen LogP contribution in [0.25, 0.3) is 0 Å². The first-order valence-electron chi connectivity index (χ1n) is 9.69. The van der Waals surface area contributed by atoms with Crippen molar-refractivity contribution in [3.8, 4) is 0 Å². The third kappa shape index (κ3) is 4.60. The van der Waals surface area contributed by atoms with Gasteiger partial charge in [-0.1, -0.05) is 35.5 Å². The fraction of sp³-hybridized carbons (Fsp3) is 0.333. The van der Waals surface area contributed by atoms with Crippen LogP contribution in [0.4, 0.5) is 11.7 Å². The topological polar surface area (TPSA) is 96.2 Å². The molecular formula is C21H24N6O2. The molecule has 1 amide bonds. The second kappa shape index (κ2) is 8.40. The Balaban J connectivity index is 1.30. The Hall–Kier alpha value is -3.26. The third-order valence-electron chi connectivity index (χ3n) is 5.15. The van der Waals surface area contributed by atoms with Gasteiger partial charge in [-0.2, -0.15) is 0 Å². The molecule has 8 nitrogen and oxygen atoms in total. The SMILES string of the molecule is Cc1noc(NC(=O)c2ccc(N[C@H]3CCN(Cc4ccccc4)C3)nn2)c1C. The summed E-state index contributed by atoms with van der Waals surface area (Å²) in [6, 6.07) is 14.2. The van der Waals surface area contributed by atoms with Gasteiger partial charge in [-0.3, -0.25) is 15.0 Å². The van der Waals surface area contributed by atoms with Crippen LogP contribution >= 0.6 is 0 Å². The van der Waals surface area contributed by atoms with Gasteiger partial charge in [-0.15, -0.1) is 10.2 Å². The lowest BCUT2D eigenvalue weighted by Crippen LogP contribution is -2.26. The van der Waals surface area contributed by atoms with E-state index < -0.39 is 0 Å². The molecule has 3 heterocycles. The standard InChI is InChI=1S/C21H24N6O2/c1-14-15(2)26-29-21(14)23-20(28)18-8-9-19(25-24-18)22-17-10-11-27(13-17)12-16-6-4-3-5-7-16/h3-9,17H,10-13H2,1-2H3,(H,22,25)(H,23,28)/t17-/m0/s1. The van der Waals surface area contributed by atoms with Crippen LogP contribution in [-0.2, 0) is 6.54 Å². The van der Waals surface area contributed by atoms with Gasteiger partial charge in [0.1, 0.15) is 5.82 Å². The number of carbonyl (C=O) groups is 1. The lowest BCUT2D eigenvalue weighted by atomic mass is 10.2. The monoisotopic (exact) mass is 392 g/mol. The van der Waals surface area contributed by atoms with Crippen LogP contribution < -0.4 is 10.6 Å². The molecule has 0 unspecified atom stereocenters. The van der Waals surface area contributed by atoms with E-state index in [9.17, 15) is 4.79 Å². The van der Waals surface area contributed by atoms with Gasteiger partial charge in [0.2, 0.25) is 5.88 Å². The largest absolute Gasteiger partial charge is 0.365 e. The first-order valence-corrected chi connectivity index (χ1v) is 9.69. The summed E-state index contributed by atoms with van der Waals surface area (Å²) in [5.74, 6) is 0.624. The first-order chi connectivity index (χ1) is 14.1. The number of nitrogens with one attached hydrogen (secondary N) is 2. The minimum atomic E-state index is -0.377. The van der Waals surface area contributed by atoms with Gasteiger partial charge in [0, 0.05) is 31.2 Å². The second-order valence-corrected chi connectivity index (χ2v) is 7.33. The summed E-state index contributed by atoms with van der Waals surface area (Å²) in [4.78, 5) is 14.7. The molecule has 1 aliphatic heterocycles. The second-order valence-electron chi connectivity index (χ2n) is 7.33. The number of nitrogens with zero attached hydrogens (tertiary/aromatic N) is 4. The lowest BCUT2D eigenvalue weighted by molar-refractivity contribution is 0.101. The molecule has 4 rings (SSSR count). The van der Waals surface area contributed by atoms with Crippen LogP contribution in [0, 0.1) is 13.8 Å². The molecule has 0 aliphatic carbocycles. The average molecular weight is 392 g/mol. The zero-order chi connectivity index (χ0) is 20.2. The lowest BCUT2D eigenvalue weighted by Gasteiger charge is -2.17. The quantitative estimate of drug-likeness (QED) is 0.666. The molecular weight excluding hydrogens is 368 g/mol. The Morgan fingerprint density at radius 1 is 1.17 bits per heavy atom. The Bertz CT molecular complexity index is 971. The maximum atomic E-state index is 12.3. The maximum absolute atomic E-state index is 12.3. The van der Waals surface area contributed by atoms with Crippen molar-refractivity contribution >= 4 is 17.6 Å². The van der Waals surface area contributed by atoms with E-state index in [0.29, 0.717) is 17.7 Å². The highest BCUT2D eigenvalue weighted by molar-refractivity contribution is 6.02. The molecule has 1 aromatic carbocycles. The number of hydrogen-bond acceptors (Lipinski definition) is 7. The van der Waals surface area contributed by atoms with Gasteiger partial charge in [0.25, 0.3) is 5.91 Å². The van der Waals surface area contributed by atoms with Gasteiger partial charge in [-0.25, -0.2) is 0 Å². The average Bonchev–Trinajstić information content (AvgIpc) is 3.30. The van der Waals surface area contributed by atoms with Crippen molar-refractivity contribution < 1.29 is 9.32 Å². The van der Waals surface area contributed by atoms with E-state index in [4.69, 9.17) is 4.52 Å². The Labute approximate surface area is 169 Å². The summed E-state index contributed by atoms with van der Waals surface area (Å²) >= 11 is 0. The Morgan fingerprint density at radius 3 is 2.69 bits per heavy atom. The molecule has 2 N–H and O–H groups in total. The molecule has 0 radical (unpaired) electrons. The number of amides is 1. The van der Waals surface area contributed by atoms with Gasteiger partial charge in [0.15, 0.2) is 5.69 Å². The molecule has 3 aromatic rings. The van der Waals surface area contributed by atoms with Crippen molar-refractivity contribution in [3.63, 3.8) is 0 Å². The molecule has 2 aromatic heterocycles. The number of aryl methyl sites for hydroxylation is 1. The molecule has 29 heavy (non-hydrogen) atoms. The van der Waals surface area contributed by atoms with Crippen molar-refractivity contribution in [2.24, 2.45) is 0 Å². The van der Waals surface area contributed by atoms with Crippen molar-refractivity contribution in [3.05, 3.63) is 65.0 Å². The molecule has 0 spiro atoms. The van der Waals surface area contributed by atoms with Crippen LogP contribution in [0.3, 0.4) is 0 Å². The number of hydrogen-bond donors (Lipinski definition) is 2. The highest BCUT2D eigenvalue weighted by Crippen LogP contribution is 2.19. The minimum absolute atomic E-state index is 0.223. The predicted octanol–water partition coefficient (Wildman–Crippen LogP) is 3.02. The maximum Gasteiger partial charge on any atom is 0.278 e. The number of anilines is 2. The molecule has 1 atom stereocenters. The van der Waals surface area contributed by atoms with Crippen LogP contribution in [0.15, 0.2) is 47.0 Å². The Kier molecular flexibility index (Phi) is 5.53. The summed E-state index contributed by atoms with van der Waals surface area (Å²) in [6.45, 7) is 6.59. The van der Waals surface area contributed by atoms with Crippen LogP contribution in [0.2, 0.25) is 0 Å². The van der Waals surface area contributed by atoms with E-state index in [1.54, 1.807) is 12.1 Å². The van der Waals surface area contributed by atoms with Crippen molar-refractivity contribution in [1.29, 1.82) is 0 Å². The van der Waals surface area contributed by atoms with Crippen molar-refractivity contribution in [1.82, 2.24) is 20.3 Å². The summed E-state index contributed by atoms with van der Waals surface area (Å²) in [6.07, 6.45) is 1.04. The number of aromatic nitrogens is 3. The molecule has 1 aliphatic rings. The summed E-state index contributed by atoms with van der Waals surface area (Å²) in [5, 5.41) is 18.1. The van der Waals surface area contributed by atoms with E-state index in [0.717, 1.165) is 37.3 Å². The van der Waals surface area contributed by atoms with Gasteiger partial charge >= 0.3 is 0 Å². The van der Waals surface area contributed by atoms with Crippen molar-refractivity contribution in [2.45, 2.75) is 32.9 Å². The number of carbonyl (C=O) groups excluding carboxylic acids is 1. The smallest absolute Gasteiger partial charge is 0.278 e. The first kappa shape index (κ1) is 19.1. The number of rotatable bonds is 6. The van der Waals surface area contributed by atoms with E-state index in [1.165, 1.54) is 5.56 Å². The van der Waals surface area contributed by atoms with Crippen molar-refractivity contribution in [2.75, 3.05) is 23.7 Å². The summed E-state index contributed by atoms with van der Waals surface area (Å²) in [5.41, 5.74) is 3.08. The van der Waals surface area contributed by atoms with Gasteiger partial charge in [0.05, 0.1) is 5.69 Å². The molecule has 1 fully saturated rings. The predicted molar refractivity (Wildman–Crippen MR) is 110 cm³/mol. The summed E-state index contributed by atoms with van der Waals surface area (Å²) in [7, 11) is 0. The number of likely N-dealkylation sites (tertiary alicyclic amines) is 1. The van der Waals surface area contributed by atoms with E-state index in [-0.39, 0.29) is 11.6 Å². The molecule has 0 saturated carbocycles. The summed E-state index contributed by atoms with van der Waals surface area (Å²) < 4.78 is 5.11. The fourth-order valence-corrected chi connectivity index (χ4v) is 3.37. The Morgan fingerprint density at radius 2 is 2.00 bits per heavy atom. The molecule has 8 heteroatoms.